The molecule has 2 atom stereocenters. The van der Waals surface area contributed by atoms with Crippen molar-refractivity contribution in [3.05, 3.63) is 44.5 Å². The van der Waals surface area contributed by atoms with Crippen LogP contribution in [0.4, 0.5) is 5.13 Å². The second-order valence-electron chi connectivity index (χ2n) is 7.09. The van der Waals surface area contributed by atoms with E-state index < -0.39 is 29.2 Å². The number of nitrogens with zero attached hydrogens (tertiary/aromatic N) is 4. The summed E-state index contributed by atoms with van der Waals surface area (Å²) in [5.41, 5.74) is 8.52. The molecule has 0 aliphatic carbocycles. The van der Waals surface area contributed by atoms with Crippen molar-refractivity contribution in [2.45, 2.75) is 25.3 Å². The number of carbonyl (C=O) groups excluding carboxylic acids is 3. The van der Waals surface area contributed by atoms with Gasteiger partial charge in [0, 0.05) is 16.0 Å². The molecule has 1 unspecified atom stereocenters. The molecule has 0 radical (unpaired) electrons. The molecular weight excluding hydrogens is 523 g/mol. The first kappa shape index (κ1) is 27.4. The molecule has 0 aromatic carbocycles. The second-order valence-corrected chi connectivity index (χ2v) is 9.97. The summed E-state index contributed by atoms with van der Waals surface area (Å²) in [6.07, 6.45) is 3.43. The van der Waals surface area contributed by atoms with Gasteiger partial charge in [0.1, 0.15) is 23.7 Å². The summed E-state index contributed by atoms with van der Waals surface area (Å²) in [6, 6.07) is -0.941. The summed E-state index contributed by atoms with van der Waals surface area (Å²) >= 11 is 3.90. The van der Waals surface area contributed by atoms with Crippen LogP contribution in [0.3, 0.4) is 0 Å². The van der Waals surface area contributed by atoms with Gasteiger partial charge in [-0.2, -0.15) is 0 Å². The molecule has 15 heteroatoms. The van der Waals surface area contributed by atoms with E-state index in [2.05, 4.69) is 20.4 Å². The monoisotopic (exact) mass is 542 g/mol. The molecule has 11 nitrogen and oxygen atoms in total. The predicted molar refractivity (Wildman–Crippen MR) is 128 cm³/mol. The third-order valence-corrected chi connectivity index (χ3v) is 7.83. The van der Waals surface area contributed by atoms with Gasteiger partial charge in [-0.3, -0.25) is 14.5 Å². The third-order valence-electron chi connectivity index (χ3n) is 4.96. The predicted octanol–water partition coefficient (Wildman–Crippen LogP) is -2.65. The van der Waals surface area contributed by atoms with Crippen LogP contribution >= 0.6 is 34.4 Å². The van der Waals surface area contributed by atoms with Crippen molar-refractivity contribution in [2.75, 3.05) is 18.1 Å². The molecule has 2 aromatic rings. The normalized spacial score (nSPS) is 19.8. The van der Waals surface area contributed by atoms with Crippen LogP contribution in [0.2, 0.25) is 0 Å². The minimum absolute atomic E-state index is 0. The fourth-order valence-electron chi connectivity index (χ4n) is 3.35. The van der Waals surface area contributed by atoms with E-state index in [0.29, 0.717) is 11.3 Å². The number of aryl methyl sites for hydroxylation is 1. The number of thiazole rings is 2. The van der Waals surface area contributed by atoms with E-state index in [1.54, 1.807) is 30.0 Å². The number of nitrogens with one attached hydrogen (secondary N) is 1. The molecule has 1 saturated heterocycles. The molecule has 2 aromatic heterocycles. The summed E-state index contributed by atoms with van der Waals surface area (Å²) in [6.45, 7) is 3.78. The second kappa shape index (κ2) is 11.7. The van der Waals surface area contributed by atoms with Crippen molar-refractivity contribution in [2.24, 2.45) is 5.16 Å². The molecule has 0 saturated carbocycles. The molecule has 2 aliphatic heterocycles. The Hall–Kier alpha value is -2.23. The third kappa shape index (κ3) is 5.62. The number of amides is 2. The summed E-state index contributed by atoms with van der Waals surface area (Å²) in [7, 11) is 0. The van der Waals surface area contributed by atoms with Crippen LogP contribution in [0, 0.1) is 6.92 Å². The van der Waals surface area contributed by atoms with Crippen molar-refractivity contribution >= 4 is 69.1 Å². The van der Waals surface area contributed by atoms with E-state index in [1.807, 2.05) is 6.92 Å². The molecule has 178 valence electrons. The zero-order chi connectivity index (χ0) is 24.4. The number of rotatable bonds is 8. The van der Waals surface area contributed by atoms with Gasteiger partial charge in [0.25, 0.3) is 11.8 Å². The number of nitrogen functional groups attached to an aromatic ring is 1. The van der Waals surface area contributed by atoms with Gasteiger partial charge in [0.05, 0.1) is 22.9 Å². The number of thioether (sulfide) groups is 1. The van der Waals surface area contributed by atoms with Gasteiger partial charge < -0.3 is 25.8 Å². The van der Waals surface area contributed by atoms with Gasteiger partial charge in [-0.1, -0.05) is 11.2 Å². The smallest absolute Gasteiger partial charge is 0.543 e. The summed E-state index contributed by atoms with van der Waals surface area (Å²) < 4.78 is 0. The number of hydrogen-bond acceptors (Lipinski definition) is 12. The van der Waals surface area contributed by atoms with E-state index in [1.165, 1.54) is 23.1 Å². The Bertz CT molecular complexity index is 1240. The molecule has 2 amide bonds. The first-order valence-electron chi connectivity index (χ1n) is 10.0. The van der Waals surface area contributed by atoms with Crippen molar-refractivity contribution < 1.29 is 53.9 Å². The zero-order valence-electron chi connectivity index (χ0n) is 19.0. The van der Waals surface area contributed by atoms with Crippen molar-refractivity contribution in [3.63, 3.8) is 0 Å². The standard InChI is InChI=1S/C20H20N6O5S3.Na/c1-3-31-25-13(11-7-33-20(21)23-11)16(27)24-14-17(28)26-15(19(29)30)10(6-32-18(14)26)4-5-12-9(2)22-8-34-12;/h4-5,7-8,14,18H,3,6H2,1-2H3,(H2,21,23)(H,24,27)(H,29,30);/q;+1/p-1/t14?,18-;/m0./s1. The van der Waals surface area contributed by atoms with Gasteiger partial charge in [0.15, 0.2) is 10.8 Å². The Kier molecular flexibility index (Phi) is 9.12. The van der Waals surface area contributed by atoms with Crippen LogP contribution < -0.4 is 45.7 Å². The van der Waals surface area contributed by atoms with Gasteiger partial charge >= 0.3 is 29.6 Å². The Labute approximate surface area is 234 Å². The number of allylic oxidation sites excluding steroid dienone is 1. The molecule has 0 spiro atoms. The SMILES string of the molecule is CCON=C(C(=O)NC1C(=O)N2C(C(=O)[O-])=C(C=Cc3scnc3C)CS[C@@H]12)c1csc(N)n1.[Na+]. The molecular formula is C20H19N6NaO5S3. The topological polar surface area (TPSA) is 163 Å². The zero-order valence-corrected chi connectivity index (χ0v) is 23.5. The van der Waals surface area contributed by atoms with Gasteiger partial charge in [-0.25, -0.2) is 9.97 Å². The Morgan fingerprint density at radius 3 is 2.77 bits per heavy atom. The number of nitrogens with two attached hydrogens (primary N) is 1. The number of hydrogen-bond donors (Lipinski definition) is 2. The number of carboxylic acid groups (broad SMARTS) is 1. The number of anilines is 1. The van der Waals surface area contributed by atoms with Crippen LogP contribution in [-0.4, -0.2) is 62.1 Å². The molecule has 2 aliphatic rings. The number of carboxylic acids is 1. The molecule has 35 heavy (non-hydrogen) atoms. The number of β-lactam (4-membered cyclic amide) rings is 1. The largest absolute Gasteiger partial charge is 1.00 e. The minimum atomic E-state index is -1.46. The minimum Gasteiger partial charge on any atom is -0.543 e. The maximum Gasteiger partial charge on any atom is 1.00 e. The summed E-state index contributed by atoms with van der Waals surface area (Å²) in [4.78, 5) is 53.0. The number of oxime groups is 1. The number of aromatic nitrogens is 2. The van der Waals surface area contributed by atoms with Crippen LogP contribution in [0.15, 0.2) is 33.4 Å². The average molecular weight is 543 g/mol. The van der Waals surface area contributed by atoms with Crippen LogP contribution in [0.1, 0.15) is 23.2 Å². The quantitative estimate of drug-likeness (QED) is 0.157. The Balaban J connectivity index is 0.00000342. The average Bonchev–Trinajstić information content (AvgIpc) is 3.43. The van der Waals surface area contributed by atoms with E-state index in [4.69, 9.17) is 10.6 Å². The van der Waals surface area contributed by atoms with Crippen molar-refractivity contribution in [1.29, 1.82) is 0 Å². The molecule has 4 rings (SSSR count). The van der Waals surface area contributed by atoms with Gasteiger partial charge in [-0.05, 0) is 25.5 Å². The Morgan fingerprint density at radius 2 is 2.17 bits per heavy atom. The summed E-state index contributed by atoms with van der Waals surface area (Å²) in [5, 5.41) is 19.6. The molecule has 0 bridgehead atoms. The van der Waals surface area contributed by atoms with Gasteiger partial charge in [0.2, 0.25) is 0 Å². The number of carbonyl (C=O) groups is 3. The fourth-order valence-corrected chi connectivity index (χ4v) is 5.91. The van der Waals surface area contributed by atoms with E-state index in [0.717, 1.165) is 26.8 Å². The van der Waals surface area contributed by atoms with Crippen LogP contribution in [0.5, 0.6) is 0 Å². The maximum atomic E-state index is 12.9. The maximum absolute atomic E-state index is 12.9. The van der Waals surface area contributed by atoms with E-state index >= 15 is 0 Å². The van der Waals surface area contributed by atoms with Crippen LogP contribution in [0.25, 0.3) is 6.08 Å². The number of aliphatic carboxylic acids is 1. The molecule has 1 fully saturated rings. The van der Waals surface area contributed by atoms with Crippen LogP contribution in [-0.2, 0) is 19.2 Å². The molecule has 3 N–H and O–H groups in total. The Morgan fingerprint density at radius 1 is 1.40 bits per heavy atom. The summed E-state index contributed by atoms with van der Waals surface area (Å²) in [5.74, 6) is -2.37. The first-order valence-corrected chi connectivity index (χ1v) is 12.8. The van der Waals surface area contributed by atoms with Crippen molar-refractivity contribution in [3.8, 4) is 0 Å². The fraction of sp³-hybridized carbons (Fsp3) is 0.300. The first-order chi connectivity index (χ1) is 16.3. The van der Waals surface area contributed by atoms with E-state index in [9.17, 15) is 19.5 Å². The van der Waals surface area contributed by atoms with E-state index in [-0.39, 0.29) is 58.4 Å². The van der Waals surface area contributed by atoms with Gasteiger partial charge in [-0.15, -0.1) is 34.4 Å². The number of fused-ring (bicyclic) bond motifs is 1. The van der Waals surface area contributed by atoms with Crippen molar-refractivity contribution in [1.82, 2.24) is 20.2 Å². The molecule has 4 heterocycles.